The molecule has 0 atom stereocenters. The van der Waals surface area contributed by atoms with Crippen molar-refractivity contribution in [2.75, 3.05) is 0 Å². The van der Waals surface area contributed by atoms with E-state index >= 15 is 0 Å². The number of rotatable bonds is 3. The van der Waals surface area contributed by atoms with Crippen molar-refractivity contribution < 1.29 is 4.74 Å². The maximum Gasteiger partial charge on any atom is 0.120 e. The molecule has 0 aromatic heterocycles. The van der Waals surface area contributed by atoms with Gasteiger partial charge in [0.15, 0.2) is 0 Å². The van der Waals surface area contributed by atoms with E-state index in [9.17, 15) is 0 Å². The van der Waals surface area contributed by atoms with Gasteiger partial charge < -0.3 is 4.74 Å². The van der Waals surface area contributed by atoms with Gasteiger partial charge in [-0.05, 0) is 30.7 Å². The summed E-state index contributed by atoms with van der Waals surface area (Å²) in [5.74, 6) is 0.875. The van der Waals surface area contributed by atoms with Crippen molar-refractivity contribution in [3.63, 3.8) is 0 Å². The van der Waals surface area contributed by atoms with Gasteiger partial charge >= 0.3 is 0 Å². The van der Waals surface area contributed by atoms with Crippen molar-refractivity contribution in [1.82, 2.24) is 0 Å². The van der Waals surface area contributed by atoms with Crippen LogP contribution in [0.1, 0.15) is 11.1 Å². The molecule has 82 valence electrons. The van der Waals surface area contributed by atoms with Gasteiger partial charge in [0.2, 0.25) is 0 Å². The van der Waals surface area contributed by atoms with E-state index < -0.39 is 0 Å². The highest BCUT2D eigenvalue weighted by Crippen LogP contribution is 2.18. The summed E-state index contributed by atoms with van der Waals surface area (Å²) in [4.78, 5) is 0. The highest BCUT2D eigenvalue weighted by Gasteiger charge is 2.00. The summed E-state index contributed by atoms with van der Waals surface area (Å²) in [7, 11) is 0. The zero-order valence-corrected chi connectivity index (χ0v) is 9.87. The minimum atomic E-state index is 0.503. The Balaban J connectivity index is 2.05. The summed E-state index contributed by atoms with van der Waals surface area (Å²) in [5.41, 5.74) is 2.20. The van der Waals surface area contributed by atoms with E-state index in [2.05, 4.69) is 0 Å². The average molecular weight is 233 g/mol. The first-order valence-electron chi connectivity index (χ1n) is 5.18. The number of benzene rings is 2. The molecule has 2 rings (SSSR count). The Kier molecular flexibility index (Phi) is 3.47. The van der Waals surface area contributed by atoms with Crippen LogP contribution in [0.5, 0.6) is 5.75 Å². The molecule has 0 unspecified atom stereocenters. The molecule has 0 radical (unpaired) electrons. The lowest BCUT2D eigenvalue weighted by molar-refractivity contribution is 0.306. The van der Waals surface area contributed by atoms with Crippen molar-refractivity contribution in [3.8, 4) is 5.75 Å². The van der Waals surface area contributed by atoms with Gasteiger partial charge in [-0.25, -0.2) is 0 Å². The highest BCUT2D eigenvalue weighted by molar-refractivity contribution is 6.31. The molecule has 0 spiro atoms. The smallest absolute Gasteiger partial charge is 0.120 e. The first-order valence-corrected chi connectivity index (χ1v) is 5.56. The second-order valence-electron chi connectivity index (χ2n) is 3.70. The first kappa shape index (κ1) is 11.0. The molecule has 0 N–H and O–H groups in total. The van der Waals surface area contributed by atoms with E-state index in [0.29, 0.717) is 6.61 Å². The highest BCUT2D eigenvalue weighted by atomic mass is 35.5. The van der Waals surface area contributed by atoms with Gasteiger partial charge in [-0.15, -0.1) is 0 Å². The molecule has 2 aromatic rings. The SMILES string of the molecule is Cc1cccc(OCc2ccccc2Cl)c1. The van der Waals surface area contributed by atoms with Crippen LogP contribution in [0.3, 0.4) is 0 Å². The fraction of sp³-hybridized carbons (Fsp3) is 0.143. The Hall–Kier alpha value is -1.47. The molecule has 0 aliphatic carbocycles. The summed E-state index contributed by atoms with van der Waals surface area (Å²) in [6.45, 7) is 2.55. The molecule has 0 amide bonds. The molecular formula is C14H13ClO. The number of ether oxygens (including phenoxy) is 1. The summed E-state index contributed by atoms with van der Waals surface area (Å²) in [6, 6.07) is 15.7. The number of halogens is 1. The molecule has 0 aliphatic heterocycles. The molecule has 2 aromatic carbocycles. The Morgan fingerprint density at radius 3 is 2.62 bits per heavy atom. The van der Waals surface area contributed by atoms with E-state index in [1.54, 1.807) is 0 Å². The van der Waals surface area contributed by atoms with Crippen LogP contribution in [-0.4, -0.2) is 0 Å². The van der Waals surface area contributed by atoms with E-state index in [-0.39, 0.29) is 0 Å². The van der Waals surface area contributed by atoms with E-state index in [1.807, 2.05) is 55.5 Å². The van der Waals surface area contributed by atoms with Crippen LogP contribution in [0.2, 0.25) is 5.02 Å². The average Bonchev–Trinajstić information content (AvgIpc) is 2.28. The maximum atomic E-state index is 6.04. The molecule has 0 saturated heterocycles. The van der Waals surface area contributed by atoms with Crippen LogP contribution in [-0.2, 0) is 6.61 Å². The van der Waals surface area contributed by atoms with Gasteiger partial charge in [0, 0.05) is 10.6 Å². The Labute approximate surface area is 101 Å². The molecule has 2 heteroatoms. The predicted octanol–water partition coefficient (Wildman–Crippen LogP) is 4.23. The standard InChI is InChI=1S/C14H13ClO/c1-11-5-4-7-13(9-11)16-10-12-6-2-3-8-14(12)15/h2-9H,10H2,1H3. The van der Waals surface area contributed by atoms with Gasteiger partial charge in [-0.2, -0.15) is 0 Å². The minimum Gasteiger partial charge on any atom is -0.489 e. The predicted molar refractivity (Wildman–Crippen MR) is 67.0 cm³/mol. The van der Waals surface area contributed by atoms with Crippen LogP contribution in [0.15, 0.2) is 48.5 Å². The van der Waals surface area contributed by atoms with Crippen molar-refractivity contribution in [2.24, 2.45) is 0 Å². The first-order chi connectivity index (χ1) is 7.75. The minimum absolute atomic E-state index is 0.503. The zero-order valence-electron chi connectivity index (χ0n) is 9.11. The van der Waals surface area contributed by atoms with Crippen molar-refractivity contribution in [1.29, 1.82) is 0 Å². The molecule has 0 heterocycles. The van der Waals surface area contributed by atoms with E-state index in [4.69, 9.17) is 16.3 Å². The molecular weight excluding hydrogens is 220 g/mol. The molecule has 0 aliphatic rings. The lowest BCUT2D eigenvalue weighted by Gasteiger charge is -2.08. The van der Waals surface area contributed by atoms with Gasteiger partial charge in [0.1, 0.15) is 12.4 Å². The Morgan fingerprint density at radius 1 is 1.06 bits per heavy atom. The third-order valence-electron chi connectivity index (χ3n) is 2.34. The lowest BCUT2D eigenvalue weighted by atomic mass is 10.2. The summed E-state index contributed by atoms with van der Waals surface area (Å²) >= 11 is 6.04. The van der Waals surface area contributed by atoms with E-state index in [1.165, 1.54) is 5.56 Å². The second kappa shape index (κ2) is 5.04. The van der Waals surface area contributed by atoms with Crippen LogP contribution >= 0.6 is 11.6 Å². The molecule has 16 heavy (non-hydrogen) atoms. The quantitative estimate of drug-likeness (QED) is 0.770. The van der Waals surface area contributed by atoms with Crippen LogP contribution in [0.4, 0.5) is 0 Å². The van der Waals surface area contributed by atoms with Gasteiger partial charge in [0.05, 0.1) is 0 Å². The Morgan fingerprint density at radius 2 is 1.88 bits per heavy atom. The van der Waals surface area contributed by atoms with Crippen molar-refractivity contribution >= 4 is 11.6 Å². The summed E-state index contributed by atoms with van der Waals surface area (Å²) < 4.78 is 5.67. The van der Waals surface area contributed by atoms with Crippen LogP contribution in [0, 0.1) is 6.92 Å². The van der Waals surface area contributed by atoms with Gasteiger partial charge in [-0.3, -0.25) is 0 Å². The van der Waals surface area contributed by atoms with Crippen molar-refractivity contribution in [3.05, 3.63) is 64.7 Å². The van der Waals surface area contributed by atoms with E-state index in [0.717, 1.165) is 16.3 Å². The number of hydrogen-bond acceptors (Lipinski definition) is 1. The molecule has 0 fully saturated rings. The lowest BCUT2D eigenvalue weighted by Crippen LogP contribution is -1.96. The van der Waals surface area contributed by atoms with Gasteiger partial charge in [0.25, 0.3) is 0 Å². The summed E-state index contributed by atoms with van der Waals surface area (Å²) in [6.07, 6.45) is 0. The zero-order chi connectivity index (χ0) is 11.4. The van der Waals surface area contributed by atoms with Crippen LogP contribution in [0.25, 0.3) is 0 Å². The number of aryl methyl sites for hydroxylation is 1. The molecule has 1 nitrogen and oxygen atoms in total. The molecule has 0 saturated carbocycles. The maximum absolute atomic E-state index is 6.04. The largest absolute Gasteiger partial charge is 0.489 e. The monoisotopic (exact) mass is 232 g/mol. The van der Waals surface area contributed by atoms with Crippen molar-refractivity contribution in [2.45, 2.75) is 13.5 Å². The third-order valence-corrected chi connectivity index (χ3v) is 2.71. The van der Waals surface area contributed by atoms with Gasteiger partial charge in [-0.1, -0.05) is 41.9 Å². The topological polar surface area (TPSA) is 9.23 Å². The number of hydrogen-bond donors (Lipinski definition) is 0. The second-order valence-corrected chi connectivity index (χ2v) is 4.10. The third kappa shape index (κ3) is 2.77. The normalized spacial score (nSPS) is 10.1. The fourth-order valence-electron chi connectivity index (χ4n) is 1.48. The fourth-order valence-corrected chi connectivity index (χ4v) is 1.67. The molecule has 0 bridgehead atoms. The Bertz CT molecular complexity index is 480. The summed E-state index contributed by atoms with van der Waals surface area (Å²) in [5, 5.41) is 0.746. The van der Waals surface area contributed by atoms with Crippen LogP contribution < -0.4 is 4.74 Å².